The molecule has 5 aromatic rings. The maximum absolute atomic E-state index is 13.7. The monoisotopic (exact) mass is 493 g/mol. The molecule has 8 heteroatoms. The minimum Gasteiger partial charge on any atom is -0.292 e. The standard InChI is InChI=1S/C29H31N7O/c1-5-9-22-19-36(25-12-7-6-11-24(25)29(2,3)4)28(37)35(22)18-20-13-15-21(16-14-20)26-23(10-8-17-30-26)27-31-33-34-32-27/h6-8,10-17,19H,5,9,18H2,1-4H3,(H,31,32,33,34). The summed E-state index contributed by atoms with van der Waals surface area (Å²) in [6.07, 6.45) is 5.55. The number of aryl methyl sites for hydroxylation is 1. The first kappa shape index (κ1) is 24.4. The highest BCUT2D eigenvalue weighted by molar-refractivity contribution is 5.76. The summed E-state index contributed by atoms with van der Waals surface area (Å²) in [6, 6.07) is 20.1. The van der Waals surface area contributed by atoms with Crippen LogP contribution in [0.3, 0.4) is 0 Å². The Balaban J connectivity index is 1.50. The van der Waals surface area contributed by atoms with Crippen molar-refractivity contribution in [1.29, 1.82) is 0 Å². The number of hydrogen-bond acceptors (Lipinski definition) is 5. The lowest BCUT2D eigenvalue weighted by molar-refractivity contribution is 0.584. The second-order valence-electron chi connectivity index (χ2n) is 10.2. The van der Waals surface area contributed by atoms with Crippen molar-refractivity contribution in [2.24, 2.45) is 0 Å². The van der Waals surface area contributed by atoms with Crippen LogP contribution in [0.2, 0.25) is 0 Å². The van der Waals surface area contributed by atoms with Crippen molar-refractivity contribution in [3.8, 4) is 28.3 Å². The summed E-state index contributed by atoms with van der Waals surface area (Å²) in [5, 5.41) is 14.4. The fourth-order valence-electron chi connectivity index (χ4n) is 4.68. The van der Waals surface area contributed by atoms with Gasteiger partial charge < -0.3 is 0 Å². The van der Waals surface area contributed by atoms with Crippen LogP contribution in [-0.4, -0.2) is 34.7 Å². The van der Waals surface area contributed by atoms with Gasteiger partial charge in [0.05, 0.1) is 17.9 Å². The zero-order chi connectivity index (χ0) is 26.0. The molecule has 5 rings (SSSR count). The highest BCUT2D eigenvalue weighted by Crippen LogP contribution is 2.29. The smallest absolute Gasteiger partial charge is 0.292 e. The van der Waals surface area contributed by atoms with Crippen LogP contribution in [0.15, 0.2) is 77.9 Å². The van der Waals surface area contributed by atoms with E-state index in [2.05, 4.69) is 59.4 Å². The predicted octanol–water partition coefficient (Wildman–Crippen LogP) is 5.18. The first-order valence-electron chi connectivity index (χ1n) is 12.6. The number of aromatic nitrogens is 7. The molecule has 2 aromatic carbocycles. The second-order valence-corrected chi connectivity index (χ2v) is 10.2. The number of tetrazole rings is 1. The molecule has 3 heterocycles. The topological polar surface area (TPSA) is 94.3 Å². The highest BCUT2D eigenvalue weighted by atomic mass is 16.1. The van der Waals surface area contributed by atoms with Gasteiger partial charge in [-0.3, -0.25) is 14.1 Å². The van der Waals surface area contributed by atoms with Gasteiger partial charge in [0.15, 0.2) is 0 Å². The van der Waals surface area contributed by atoms with Crippen LogP contribution in [0.25, 0.3) is 28.3 Å². The van der Waals surface area contributed by atoms with Crippen molar-refractivity contribution in [2.75, 3.05) is 0 Å². The summed E-state index contributed by atoms with van der Waals surface area (Å²) in [6.45, 7) is 9.16. The molecule has 0 bridgehead atoms. The van der Waals surface area contributed by atoms with E-state index in [-0.39, 0.29) is 11.1 Å². The Morgan fingerprint density at radius 1 is 0.973 bits per heavy atom. The third-order valence-electron chi connectivity index (χ3n) is 6.50. The quantitative estimate of drug-likeness (QED) is 0.337. The summed E-state index contributed by atoms with van der Waals surface area (Å²) in [5.74, 6) is 0.500. The van der Waals surface area contributed by atoms with Crippen molar-refractivity contribution in [3.05, 3.63) is 100 Å². The lowest BCUT2D eigenvalue weighted by Crippen LogP contribution is -2.26. The van der Waals surface area contributed by atoms with E-state index in [4.69, 9.17) is 0 Å². The van der Waals surface area contributed by atoms with Crippen molar-refractivity contribution < 1.29 is 0 Å². The third-order valence-corrected chi connectivity index (χ3v) is 6.50. The lowest BCUT2D eigenvalue weighted by Gasteiger charge is -2.22. The number of benzene rings is 2. The molecule has 0 saturated heterocycles. The number of hydrogen-bond donors (Lipinski definition) is 1. The largest absolute Gasteiger partial charge is 0.333 e. The Labute approximate surface area is 216 Å². The Kier molecular flexibility index (Phi) is 6.56. The van der Waals surface area contributed by atoms with E-state index < -0.39 is 0 Å². The van der Waals surface area contributed by atoms with Gasteiger partial charge in [-0.2, -0.15) is 5.21 Å². The Morgan fingerprint density at radius 2 is 1.76 bits per heavy atom. The van der Waals surface area contributed by atoms with Crippen LogP contribution in [-0.2, 0) is 18.4 Å². The fourth-order valence-corrected chi connectivity index (χ4v) is 4.68. The number of pyridine rings is 1. The lowest BCUT2D eigenvalue weighted by atomic mass is 9.86. The minimum absolute atomic E-state index is 0.0201. The normalized spacial score (nSPS) is 11.7. The van der Waals surface area contributed by atoms with Crippen LogP contribution in [0, 0.1) is 0 Å². The Hall–Kier alpha value is -4.33. The maximum atomic E-state index is 13.7. The minimum atomic E-state index is -0.0787. The molecule has 0 saturated carbocycles. The second kappa shape index (κ2) is 9.97. The molecule has 188 valence electrons. The number of aromatic amines is 1. The number of nitrogens with one attached hydrogen (secondary N) is 1. The van der Waals surface area contributed by atoms with E-state index in [1.165, 1.54) is 0 Å². The number of nitrogens with zero attached hydrogens (tertiary/aromatic N) is 6. The van der Waals surface area contributed by atoms with Gasteiger partial charge in [-0.05, 0) is 46.4 Å². The van der Waals surface area contributed by atoms with Crippen molar-refractivity contribution in [3.63, 3.8) is 0 Å². The van der Waals surface area contributed by atoms with Gasteiger partial charge in [-0.25, -0.2) is 4.79 Å². The molecule has 1 N–H and O–H groups in total. The van der Waals surface area contributed by atoms with E-state index in [0.717, 1.165) is 52.2 Å². The third kappa shape index (κ3) is 4.87. The van der Waals surface area contributed by atoms with Crippen molar-refractivity contribution in [1.82, 2.24) is 34.7 Å². The first-order chi connectivity index (χ1) is 17.9. The molecule has 0 fully saturated rings. The Bertz CT molecular complexity index is 1560. The molecule has 0 atom stereocenters. The SMILES string of the molecule is CCCc1cn(-c2ccccc2C(C)(C)C)c(=O)n1Cc1ccc(-c2ncccc2-c2nn[nH]n2)cc1. The summed E-state index contributed by atoms with van der Waals surface area (Å²) in [4.78, 5) is 18.3. The van der Waals surface area contributed by atoms with Crippen molar-refractivity contribution >= 4 is 0 Å². The highest BCUT2D eigenvalue weighted by Gasteiger charge is 2.21. The molecule has 3 aromatic heterocycles. The summed E-state index contributed by atoms with van der Waals surface area (Å²) >= 11 is 0. The maximum Gasteiger partial charge on any atom is 0.333 e. The predicted molar refractivity (Wildman–Crippen MR) is 145 cm³/mol. The molecule has 0 radical (unpaired) electrons. The van der Waals surface area contributed by atoms with E-state index in [9.17, 15) is 4.79 Å². The summed E-state index contributed by atoms with van der Waals surface area (Å²) in [7, 11) is 0. The molecular weight excluding hydrogens is 462 g/mol. The molecular formula is C29H31N7O. The van der Waals surface area contributed by atoms with Gasteiger partial charge in [0, 0.05) is 29.2 Å². The van der Waals surface area contributed by atoms with E-state index in [0.29, 0.717) is 12.4 Å². The number of imidazole rings is 1. The van der Waals surface area contributed by atoms with Crippen LogP contribution in [0.5, 0.6) is 0 Å². The molecule has 0 spiro atoms. The van der Waals surface area contributed by atoms with E-state index >= 15 is 0 Å². The van der Waals surface area contributed by atoms with Gasteiger partial charge in [-0.1, -0.05) is 76.6 Å². The average molecular weight is 494 g/mol. The molecule has 0 unspecified atom stereocenters. The van der Waals surface area contributed by atoms with Gasteiger partial charge in [0.2, 0.25) is 5.82 Å². The molecule has 8 nitrogen and oxygen atoms in total. The van der Waals surface area contributed by atoms with Gasteiger partial charge >= 0.3 is 5.69 Å². The fraction of sp³-hybridized carbons (Fsp3) is 0.276. The molecule has 37 heavy (non-hydrogen) atoms. The Morgan fingerprint density at radius 3 is 2.46 bits per heavy atom. The summed E-state index contributed by atoms with van der Waals surface area (Å²) < 4.78 is 3.70. The van der Waals surface area contributed by atoms with Crippen LogP contribution < -0.4 is 5.69 Å². The van der Waals surface area contributed by atoms with Crippen LogP contribution >= 0.6 is 0 Å². The van der Waals surface area contributed by atoms with Crippen LogP contribution in [0.1, 0.15) is 50.9 Å². The van der Waals surface area contributed by atoms with Crippen molar-refractivity contribution in [2.45, 2.75) is 52.5 Å². The van der Waals surface area contributed by atoms with Crippen LogP contribution in [0.4, 0.5) is 0 Å². The first-order valence-corrected chi connectivity index (χ1v) is 12.6. The molecule has 0 aliphatic carbocycles. The zero-order valence-electron chi connectivity index (χ0n) is 21.6. The summed E-state index contributed by atoms with van der Waals surface area (Å²) in [5.41, 5.74) is 6.60. The van der Waals surface area contributed by atoms with E-state index in [1.54, 1.807) is 6.20 Å². The van der Waals surface area contributed by atoms with Gasteiger partial charge in [0.1, 0.15) is 0 Å². The number of H-pyrrole nitrogens is 1. The molecule has 0 amide bonds. The molecule has 0 aliphatic heterocycles. The van der Waals surface area contributed by atoms with Gasteiger partial charge in [-0.15, -0.1) is 10.2 Å². The van der Waals surface area contributed by atoms with Gasteiger partial charge in [0.25, 0.3) is 0 Å². The zero-order valence-corrected chi connectivity index (χ0v) is 21.6. The number of rotatable bonds is 7. The number of para-hydroxylation sites is 1. The average Bonchev–Trinajstić information content (AvgIpc) is 3.54. The molecule has 0 aliphatic rings. The van der Waals surface area contributed by atoms with E-state index in [1.807, 2.05) is 69.9 Å².